The molecule has 0 saturated heterocycles. The van der Waals surface area contributed by atoms with Crippen LogP contribution in [0.4, 0.5) is 0 Å². The molecule has 0 aromatic heterocycles. The minimum Gasteiger partial charge on any atom is -0.493 e. The molecule has 0 fully saturated rings. The Bertz CT molecular complexity index is 923. The number of unbranched alkanes of at least 4 members (excludes halogenated alkanes) is 1. The summed E-state index contributed by atoms with van der Waals surface area (Å²) in [6, 6.07) is 11.9. The minimum atomic E-state index is -0.718. The molecular weight excluding hydrogens is 406 g/mol. The maximum absolute atomic E-state index is 12.6. The van der Waals surface area contributed by atoms with E-state index in [0.717, 1.165) is 24.0 Å². The Labute approximate surface area is 190 Å². The average molecular weight is 440 g/mol. The van der Waals surface area contributed by atoms with Crippen molar-refractivity contribution in [3.63, 3.8) is 0 Å². The van der Waals surface area contributed by atoms with Crippen molar-refractivity contribution in [1.82, 2.24) is 10.7 Å². The van der Waals surface area contributed by atoms with Crippen LogP contribution < -0.4 is 20.2 Å². The lowest BCUT2D eigenvalue weighted by atomic mass is 10.0. The van der Waals surface area contributed by atoms with Gasteiger partial charge in [-0.3, -0.25) is 9.59 Å². The highest BCUT2D eigenvalue weighted by Gasteiger charge is 2.24. The molecular formula is C25H33N3O4. The normalized spacial score (nSPS) is 11.9. The highest BCUT2D eigenvalue weighted by atomic mass is 16.5. The van der Waals surface area contributed by atoms with E-state index in [1.54, 1.807) is 25.3 Å². The summed E-state index contributed by atoms with van der Waals surface area (Å²) in [5.74, 6) is 0.469. The number of nitrogens with zero attached hydrogens (tertiary/aromatic N) is 1. The Balaban J connectivity index is 2.00. The zero-order chi connectivity index (χ0) is 23.5. The second-order valence-corrected chi connectivity index (χ2v) is 7.91. The van der Waals surface area contributed by atoms with Crippen LogP contribution >= 0.6 is 0 Å². The van der Waals surface area contributed by atoms with Crippen molar-refractivity contribution >= 4 is 18.0 Å². The third kappa shape index (κ3) is 7.41. The molecule has 0 aliphatic heterocycles. The first-order valence-corrected chi connectivity index (χ1v) is 10.9. The number of nitrogens with one attached hydrogen (secondary N) is 2. The molecule has 1 atom stereocenters. The lowest BCUT2D eigenvalue weighted by Gasteiger charge is -2.20. The lowest BCUT2D eigenvalue weighted by Crippen LogP contribution is -2.48. The van der Waals surface area contributed by atoms with Crippen LogP contribution in [-0.2, 0) is 4.79 Å². The van der Waals surface area contributed by atoms with E-state index in [1.165, 1.54) is 6.21 Å². The largest absolute Gasteiger partial charge is 0.493 e. The standard InChI is InChI=1S/C25H33N3O4/c1-6-7-14-32-21-13-10-19(15-22(21)31-5)16-26-28-25(30)23(17(2)3)27-24(29)20-11-8-18(4)9-12-20/h8-13,15-17,23H,6-7,14H2,1-5H3,(H,27,29)(H,28,30). The molecule has 7 heteroatoms. The van der Waals surface area contributed by atoms with Crippen molar-refractivity contribution < 1.29 is 19.1 Å². The monoisotopic (exact) mass is 439 g/mol. The zero-order valence-electron chi connectivity index (χ0n) is 19.5. The quantitative estimate of drug-likeness (QED) is 0.314. The van der Waals surface area contributed by atoms with Gasteiger partial charge in [0.25, 0.3) is 11.8 Å². The number of rotatable bonds is 11. The molecule has 172 valence electrons. The van der Waals surface area contributed by atoms with Gasteiger partial charge >= 0.3 is 0 Å². The Morgan fingerprint density at radius 1 is 1.09 bits per heavy atom. The number of hydrogen-bond donors (Lipinski definition) is 2. The molecule has 0 aliphatic rings. The van der Waals surface area contributed by atoms with Crippen LogP contribution in [0.3, 0.4) is 0 Å². The van der Waals surface area contributed by atoms with Crippen LogP contribution in [0.1, 0.15) is 55.1 Å². The van der Waals surface area contributed by atoms with Crippen LogP contribution in [0.2, 0.25) is 0 Å². The predicted octanol–water partition coefficient (Wildman–Crippen LogP) is 4.09. The molecule has 0 radical (unpaired) electrons. The van der Waals surface area contributed by atoms with Gasteiger partial charge in [-0.15, -0.1) is 0 Å². The lowest BCUT2D eigenvalue weighted by molar-refractivity contribution is -0.123. The van der Waals surface area contributed by atoms with Crippen molar-refractivity contribution in [1.29, 1.82) is 0 Å². The first-order chi connectivity index (χ1) is 15.3. The third-order valence-electron chi connectivity index (χ3n) is 4.88. The number of hydrazone groups is 1. The van der Waals surface area contributed by atoms with Crippen molar-refractivity contribution in [3.8, 4) is 11.5 Å². The average Bonchev–Trinajstić information content (AvgIpc) is 2.78. The molecule has 0 saturated carbocycles. The number of carbonyl (C=O) groups is 2. The summed E-state index contributed by atoms with van der Waals surface area (Å²) in [4.78, 5) is 25.1. The number of hydrogen-bond acceptors (Lipinski definition) is 5. The molecule has 7 nitrogen and oxygen atoms in total. The van der Waals surface area contributed by atoms with Gasteiger partial charge in [-0.05, 0) is 55.2 Å². The summed E-state index contributed by atoms with van der Waals surface area (Å²) < 4.78 is 11.1. The Hall–Kier alpha value is -3.35. The van der Waals surface area contributed by atoms with Crippen molar-refractivity contribution in [2.24, 2.45) is 11.0 Å². The van der Waals surface area contributed by atoms with Crippen LogP contribution in [-0.4, -0.2) is 37.8 Å². The number of amides is 2. The number of benzene rings is 2. The van der Waals surface area contributed by atoms with E-state index in [2.05, 4.69) is 22.8 Å². The van der Waals surface area contributed by atoms with Crippen LogP contribution in [0.5, 0.6) is 11.5 Å². The Kier molecular flexibility index (Phi) is 9.73. The summed E-state index contributed by atoms with van der Waals surface area (Å²) >= 11 is 0. The van der Waals surface area contributed by atoms with E-state index in [1.807, 2.05) is 45.0 Å². The van der Waals surface area contributed by atoms with Gasteiger partial charge in [-0.1, -0.05) is 44.9 Å². The molecule has 2 N–H and O–H groups in total. The summed E-state index contributed by atoms with van der Waals surface area (Å²) in [7, 11) is 1.58. The summed E-state index contributed by atoms with van der Waals surface area (Å²) in [6.45, 7) is 8.41. The molecule has 2 amide bonds. The highest BCUT2D eigenvalue weighted by molar-refractivity contribution is 5.97. The summed E-state index contributed by atoms with van der Waals surface area (Å²) in [5, 5.41) is 6.83. The highest BCUT2D eigenvalue weighted by Crippen LogP contribution is 2.27. The van der Waals surface area contributed by atoms with E-state index in [0.29, 0.717) is 23.7 Å². The fourth-order valence-electron chi connectivity index (χ4n) is 2.91. The molecule has 2 rings (SSSR count). The van der Waals surface area contributed by atoms with Crippen molar-refractivity contribution in [2.75, 3.05) is 13.7 Å². The van der Waals surface area contributed by atoms with Gasteiger partial charge < -0.3 is 14.8 Å². The molecule has 2 aromatic rings. The van der Waals surface area contributed by atoms with Crippen LogP contribution in [0, 0.1) is 12.8 Å². The maximum Gasteiger partial charge on any atom is 0.262 e. The summed E-state index contributed by atoms with van der Waals surface area (Å²) in [5.41, 5.74) is 4.83. The predicted molar refractivity (Wildman–Crippen MR) is 126 cm³/mol. The number of methoxy groups -OCH3 is 1. The fourth-order valence-corrected chi connectivity index (χ4v) is 2.91. The van der Waals surface area contributed by atoms with E-state index in [4.69, 9.17) is 9.47 Å². The van der Waals surface area contributed by atoms with Gasteiger partial charge in [-0.2, -0.15) is 5.10 Å². The fraction of sp³-hybridized carbons (Fsp3) is 0.400. The second kappa shape index (κ2) is 12.5. The number of ether oxygens (including phenoxy) is 2. The Morgan fingerprint density at radius 2 is 1.81 bits per heavy atom. The van der Waals surface area contributed by atoms with E-state index in [9.17, 15) is 9.59 Å². The van der Waals surface area contributed by atoms with Gasteiger partial charge in [0.1, 0.15) is 6.04 Å². The minimum absolute atomic E-state index is 0.112. The molecule has 0 spiro atoms. The Morgan fingerprint density at radius 3 is 2.44 bits per heavy atom. The number of aryl methyl sites for hydroxylation is 1. The van der Waals surface area contributed by atoms with E-state index < -0.39 is 6.04 Å². The molecule has 32 heavy (non-hydrogen) atoms. The van der Waals surface area contributed by atoms with E-state index >= 15 is 0 Å². The van der Waals surface area contributed by atoms with Gasteiger partial charge in [0.2, 0.25) is 0 Å². The molecule has 0 heterocycles. The second-order valence-electron chi connectivity index (χ2n) is 7.91. The topological polar surface area (TPSA) is 89.0 Å². The van der Waals surface area contributed by atoms with Gasteiger partial charge in [0.15, 0.2) is 11.5 Å². The number of carbonyl (C=O) groups excluding carboxylic acids is 2. The molecule has 2 aromatic carbocycles. The van der Waals surface area contributed by atoms with Gasteiger partial charge in [0.05, 0.1) is 19.9 Å². The van der Waals surface area contributed by atoms with Crippen LogP contribution in [0.15, 0.2) is 47.6 Å². The molecule has 0 bridgehead atoms. The van der Waals surface area contributed by atoms with Gasteiger partial charge in [-0.25, -0.2) is 5.43 Å². The summed E-state index contributed by atoms with van der Waals surface area (Å²) in [6.07, 6.45) is 3.54. The zero-order valence-corrected chi connectivity index (χ0v) is 19.5. The smallest absolute Gasteiger partial charge is 0.262 e. The maximum atomic E-state index is 12.6. The third-order valence-corrected chi connectivity index (χ3v) is 4.88. The van der Waals surface area contributed by atoms with E-state index in [-0.39, 0.29) is 17.7 Å². The molecule has 1 unspecified atom stereocenters. The first kappa shape index (κ1) is 24.9. The van der Waals surface area contributed by atoms with Gasteiger partial charge in [0, 0.05) is 5.56 Å². The van der Waals surface area contributed by atoms with Crippen molar-refractivity contribution in [3.05, 3.63) is 59.2 Å². The molecule has 0 aliphatic carbocycles. The van der Waals surface area contributed by atoms with Crippen LogP contribution in [0.25, 0.3) is 0 Å². The SMILES string of the molecule is CCCCOc1ccc(C=NNC(=O)C(NC(=O)c2ccc(C)cc2)C(C)C)cc1OC. The van der Waals surface area contributed by atoms with Crippen molar-refractivity contribution in [2.45, 2.75) is 46.6 Å². The first-order valence-electron chi connectivity index (χ1n) is 10.9.